The molecule has 1 unspecified atom stereocenters. The molecule has 2 heterocycles. The number of morpholine rings is 1. The van der Waals surface area contributed by atoms with Crippen LogP contribution >= 0.6 is 0 Å². The van der Waals surface area contributed by atoms with Gasteiger partial charge >= 0.3 is 0 Å². The second-order valence-electron chi connectivity index (χ2n) is 3.73. The van der Waals surface area contributed by atoms with Crippen molar-refractivity contribution in [3.8, 4) is 0 Å². The molecule has 0 spiro atoms. The van der Waals surface area contributed by atoms with Crippen molar-refractivity contribution < 1.29 is 9.13 Å². The van der Waals surface area contributed by atoms with Crippen molar-refractivity contribution in [3.05, 3.63) is 17.8 Å². The van der Waals surface area contributed by atoms with E-state index < -0.39 is 0 Å². The largest absolute Gasteiger partial charge is 0.378 e. The highest BCUT2D eigenvalue weighted by atomic mass is 19.1. The molecule has 2 rings (SSSR count). The van der Waals surface area contributed by atoms with Gasteiger partial charge in [-0.1, -0.05) is 0 Å². The number of anilines is 1. The number of hydrogen-bond acceptors (Lipinski definition) is 5. The lowest BCUT2D eigenvalue weighted by molar-refractivity contribution is 0.0806. The molecule has 6 heteroatoms. The first kappa shape index (κ1) is 11.2. The van der Waals surface area contributed by atoms with Gasteiger partial charge in [0.2, 0.25) is 0 Å². The minimum Gasteiger partial charge on any atom is -0.378 e. The van der Waals surface area contributed by atoms with Crippen molar-refractivity contribution in [2.75, 3.05) is 31.6 Å². The standard InChI is InChI=1S/C10H15FN4O/c1-7-9(11)10(15-6-14-7)13-4-8-5-16-3-2-12-8/h6,8,12H,2-5H2,1H3,(H,13,14,15). The summed E-state index contributed by atoms with van der Waals surface area (Å²) in [6.45, 7) is 4.41. The highest BCUT2D eigenvalue weighted by Gasteiger charge is 2.14. The molecule has 0 radical (unpaired) electrons. The quantitative estimate of drug-likeness (QED) is 0.777. The summed E-state index contributed by atoms with van der Waals surface area (Å²) in [6, 6.07) is 0.198. The van der Waals surface area contributed by atoms with Crippen molar-refractivity contribution >= 4 is 5.82 Å². The van der Waals surface area contributed by atoms with E-state index in [0.29, 0.717) is 18.8 Å². The fourth-order valence-electron chi connectivity index (χ4n) is 1.55. The Labute approximate surface area is 93.4 Å². The SMILES string of the molecule is Cc1ncnc(NCC2COCCN2)c1F. The van der Waals surface area contributed by atoms with Crippen molar-refractivity contribution in [3.63, 3.8) is 0 Å². The Kier molecular flexibility index (Phi) is 3.63. The van der Waals surface area contributed by atoms with E-state index in [4.69, 9.17) is 4.74 Å². The van der Waals surface area contributed by atoms with Gasteiger partial charge in [0.15, 0.2) is 11.6 Å². The number of ether oxygens (including phenoxy) is 1. The second-order valence-corrected chi connectivity index (χ2v) is 3.73. The Balaban J connectivity index is 1.91. The predicted molar refractivity (Wildman–Crippen MR) is 57.8 cm³/mol. The molecule has 88 valence electrons. The molecular formula is C10H15FN4O. The minimum absolute atomic E-state index is 0.198. The maximum absolute atomic E-state index is 13.5. The van der Waals surface area contributed by atoms with Gasteiger partial charge in [0.1, 0.15) is 6.33 Å². The maximum atomic E-state index is 13.5. The monoisotopic (exact) mass is 226 g/mol. The second kappa shape index (κ2) is 5.18. The molecule has 1 atom stereocenters. The van der Waals surface area contributed by atoms with E-state index in [1.807, 2.05) is 0 Å². The van der Waals surface area contributed by atoms with Gasteiger partial charge in [-0.3, -0.25) is 0 Å². The molecule has 1 aromatic rings. The van der Waals surface area contributed by atoms with E-state index in [-0.39, 0.29) is 17.7 Å². The summed E-state index contributed by atoms with van der Waals surface area (Å²) in [4.78, 5) is 7.63. The summed E-state index contributed by atoms with van der Waals surface area (Å²) in [5.41, 5.74) is 0.352. The van der Waals surface area contributed by atoms with Crippen LogP contribution < -0.4 is 10.6 Å². The molecular weight excluding hydrogens is 211 g/mol. The van der Waals surface area contributed by atoms with Crippen LogP contribution in [0.5, 0.6) is 0 Å². The van der Waals surface area contributed by atoms with Crippen molar-refractivity contribution in [2.45, 2.75) is 13.0 Å². The Hall–Kier alpha value is -1.27. The summed E-state index contributed by atoms with van der Waals surface area (Å²) < 4.78 is 18.8. The topological polar surface area (TPSA) is 59.1 Å². The number of nitrogens with zero attached hydrogens (tertiary/aromatic N) is 2. The van der Waals surface area contributed by atoms with E-state index in [0.717, 1.165) is 13.2 Å². The summed E-state index contributed by atoms with van der Waals surface area (Å²) >= 11 is 0. The zero-order chi connectivity index (χ0) is 11.4. The van der Waals surface area contributed by atoms with Crippen LogP contribution in [-0.2, 0) is 4.74 Å². The minimum atomic E-state index is -0.390. The highest BCUT2D eigenvalue weighted by Crippen LogP contribution is 2.11. The summed E-state index contributed by atoms with van der Waals surface area (Å²) in [5.74, 6) is -0.140. The Bertz CT molecular complexity index is 355. The smallest absolute Gasteiger partial charge is 0.186 e. The van der Waals surface area contributed by atoms with Crippen LogP contribution in [0, 0.1) is 12.7 Å². The van der Waals surface area contributed by atoms with Crippen LogP contribution in [0.25, 0.3) is 0 Å². The van der Waals surface area contributed by atoms with E-state index in [2.05, 4.69) is 20.6 Å². The first-order chi connectivity index (χ1) is 7.77. The maximum Gasteiger partial charge on any atom is 0.186 e. The van der Waals surface area contributed by atoms with Crippen LogP contribution in [-0.4, -0.2) is 42.3 Å². The van der Waals surface area contributed by atoms with E-state index in [9.17, 15) is 4.39 Å². The number of hydrogen-bond donors (Lipinski definition) is 2. The number of aromatic nitrogens is 2. The molecule has 0 saturated carbocycles. The van der Waals surface area contributed by atoms with E-state index in [1.54, 1.807) is 6.92 Å². The fourth-order valence-corrected chi connectivity index (χ4v) is 1.55. The average Bonchev–Trinajstić information content (AvgIpc) is 2.32. The summed E-state index contributed by atoms with van der Waals surface area (Å²) in [5, 5.41) is 6.22. The lowest BCUT2D eigenvalue weighted by Crippen LogP contribution is -2.45. The van der Waals surface area contributed by atoms with Crippen LogP contribution in [0.2, 0.25) is 0 Å². The Morgan fingerprint density at radius 2 is 2.50 bits per heavy atom. The number of aryl methyl sites for hydroxylation is 1. The molecule has 1 aliphatic heterocycles. The van der Waals surface area contributed by atoms with Gasteiger partial charge in [-0.2, -0.15) is 0 Å². The first-order valence-electron chi connectivity index (χ1n) is 5.29. The van der Waals surface area contributed by atoms with Gasteiger partial charge in [-0.25, -0.2) is 14.4 Å². The molecule has 16 heavy (non-hydrogen) atoms. The summed E-state index contributed by atoms with van der Waals surface area (Å²) in [6.07, 6.45) is 1.35. The molecule has 0 amide bonds. The molecule has 5 nitrogen and oxygen atoms in total. The van der Waals surface area contributed by atoms with Gasteiger partial charge in [0.25, 0.3) is 0 Å². The lowest BCUT2D eigenvalue weighted by atomic mass is 10.2. The molecule has 1 saturated heterocycles. The fraction of sp³-hybridized carbons (Fsp3) is 0.600. The van der Waals surface area contributed by atoms with Gasteiger partial charge in [0.05, 0.1) is 18.9 Å². The third kappa shape index (κ3) is 2.65. The third-order valence-electron chi connectivity index (χ3n) is 2.48. The van der Waals surface area contributed by atoms with Crippen molar-refractivity contribution in [1.82, 2.24) is 15.3 Å². The normalized spacial score (nSPS) is 20.8. The number of nitrogens with one attached hydrogen (secondary N) is 2. The number of rotatable bonds is 3. The van der Waals surface area contributed by atoms with Crippen LogP contribution in [0.1, 0.15) is 5.69 Å². The van der Waals surface area contributed by atoms with Gasteiger partial charge in [-0.05, 0) is 6.92 Å². The summed E-state index contributed by atoms with van der Waals surface area (Å²) in [7, 11) is 0. The van der Waals surface area contributed by atoms with Crippen molar-refractivity contribution in [1.29, 1.82) is 0 Å². The zero-order valence-corrected chi connectivity index (χ0v) is 9.16. The molecule has 0 aliphatic carbocycles. The molecule has 1 aromatic heterocycles. The highest BCUT2D eigenvalue weighted by molar-refractivity contribution is 5.36. The molecule has 0 bridgehead atoms. The third-order valence-corrected chi connectivity index (χ3v) is 2.48. The zero-order valence-electron chi connectivity index (χ0n) is 9.16. The molecule has 1 aliphatic rings. The van der Waals surface area contributed by atoms with Crippen LogP contribution in [0.3, 0.4) is 0 Å². The van der Waals surface area contributed by atoms with Crippen molar-refractivity contribution in [2.24, 2.45) is 0 Å². The lowest BCUT2D eigenvalue weighted by Gasteiger charge is -2.24. The molecule has 0 aromatic carbocycles. The first-order valence-corrected chi connectivity index (χ1v) is 5.29. The van der Waals surface area contributed by atoms with Crippen LogP contribution in [0.4, 0.5) is 10.2 Å². The predicted octanol–water partition coefficient (Wildman–Crippen LogP) is 0.324. The van der Waals surface area contributed by atoms with Gasteiger partial charge in [-0.15, -0.1) is 0 Å². The van der Waals surface area contributed by atoms with Gasteiger partial charge in [0, 0.05) is 19.1 Å². The van der Waals surface area contributed by atoms with Crippen LogP contribution in [0.15, 0.2) is 6.33 Å². The molecule has 1 fully saturated rings. The molecule has 2 N–H and O–H groups in total. The number of halogens is 1. The van der Waals surface area contributed by atoms with E-state index in [1.165, 1.54) is 6.33 Å². The van der Waals surface area contributed by atoms with Gasteiger partial charge < -0.3 is 15.4 Å². The Morgan fingerprint density at radius 1 is 1.62 bits per heavy atom. The Morgan fingerprint density at radius 3 is 3.25 bits per heavy atom. The average molecular weight is 226 g/mol. The van der Waals surface area contributed by atoms with E-state index >= 15 is 0 Å².